The van der Waals surface area contributed by atoms with Crippen molar-refractivity contribution in [2.24, 2.45) is 0 Å². The Labute approximate surface area is 310 Å². The van der Waals surface area contributed by atoms with Crippen molar-refractivity contribution < 1.29 is 28.7 Å². The lowest BCUT2D eigenvalue weighted by molar-refractivity contribution is -0.159. The molecule has 0 saturated carbocycles. The molecule has 0 aliphatic carbocycles. The molecule has 9 heteroatoms. The number of hydrogen-bond donors (Lipinski definition) is 2. The molecule has 9 nitrogen and oxygen atoms in total. The number of rotatable bonds is 18. The minimum atomic E-state index is -1.11. The number of ether oxygens (including phenoxy) is 2. The second kappa shape index (κ2) is 20.4. The first-order valence-corrected chi connectivity index (χ1v) is 18.6. The molecule has 52 heavy (non-hydrogen) atoms. The maximum Gasteiger partial charge on any atom is 0.408 e. The smallest absolute Gasteiger partial charge is 0.408 e. The van der Waals surface area contributed by atoms with Gasteiger partial charge in [-0.05, 0) is 64.7 Å². The maximum atomic E-state index is 14.9. The second-order valence-electron chi connectivity index (χ2n) is 15.3. The van der Waals surface area contributed by atoms with Gasteiger partial charge in [-0.25, -0.2) is 9.59 Å². The van der Waals surface area contributed by atoms with Crippen molar-refractivity contribution in [2.75, 3.05) is 6.54 Å². The first kappa shape index (κ1) is 41.8. The Hall–Kier alpha value is -4.66. The zero-order valence-corrected chi connectivity index (χ0v) is 32.2. The van der Waals surface area contributed by atoms with Crippen molar-refractivity contribution >= 4 is 23.9 Å². The molecule has 282 valence electrons. The van der Waals surface area contributed by atoms with Gasteiger partial charge in [0.25, 0.3) is 0 Å². The fourth-order valence-electron chi connectivity index (χ4n) is 5.90. The zero-order chi connectivity index (χ0) is 38.1. The van der Waals surface area contributed by atoms with Crippen LogP contribution in [0.5, 0.6) is 0 Å². The molecule has 0 radical (unpaired) electrons. The summed E-state index contributed by atoms with van der Waals surface area (Å²) in [7, 11) is 0. The molecule has 3 aromatic carbocycles. The molecule has 2 N–H and O–H groups in total. The molecule has 3 unspecified atom stereocenters. The van der Waals surface area contributed by atoms with Crippen molar-refractivity contribution in [3.63, 3.8) is 0 Å². The number of hydrogen-bond acceptors (Lipinski definition) is 6. The van der Waals surface area contributed by atoms with E-state index in [0.29, 0.717) is 12.0 Å². The van der Waals surface area contributed by atoms with E-state index in [1.165, 1.54) is 0 Å². The Bertz CT molecular complexity index is 1530. The van der Waals surface area contributed by atoms with Gasteiger partial charge in [-0.2, -0.15) is 0 Å². The van der Waals surface area contributed by atoms with Gasteiger partial charge in [-0.15, -0.1) is 0 Å². The van der Waals surface area contributed by atoms with Crippen molar-refractivity contribution in [1.82, 2.24) is 15.5 Å². The summed E-state index contributed by atoms with van der Waals surface area (Å²) in [4.78, 5) is 58.0. The highest BCUT2D eigenvalue weighted by Crippen LogP contribution is 2.25. The molecule has 0 aliphatic rings. The van der Waals surface area contributed by atoms with E-state index >= 15 is 0 Å². The molecular formula is C43H59N3O6. The average molecular weight is 714 g/mol. The predicted octanol–water partition coefficient (Wildman–Crippen LogP) is 8.12. The van der Waals surface area contributed by atoms with Crippen LogP contribution in [0.1, 0.15) is 110 Å². The van der Waals surface area contributed by atoms with E-state index in [-0.39, 0.29) is 19.4 Å². The summed E-state index contributed by atoms with van der Waals surface area (Å²) in [6.45, 7) is 13.1. The highest BCUT2D eigenvalue weighted by molar-refractivity contribution is 5.94. The fraction of sp³-hybridized carbons (Fsp3) is 0.488. The summed E-state index contributed by atoms with van der Waals surface area (Å²) in [6, 6.07) is 24.8. The molecule has 3 amide bonds. The lowest BCUT2D eigenvalue weighted by Gasteiger charge is -2.35. The summed E-state index contributed by atoms with van der Waals surface area (Å²) in [6.07, 6.45) is 5.50. The van der Waals surface area contributed by atoms with Gasteiger partial charge in [0.2, 0.25) is 11.8 Å². The Kier molecular flexibility index (Phi) is 16.4. The Morgan fingerprint density at radius 3 is 1.62 bits per heavy atom. The standard InChI is InChI=1S/C43H59N3O6/c1-8-9-10-11-12-22-29-46(39(48)35(30-32-23-16-13-17-24-32)45-41(50)52-43(5,6)7)37(34-27-20-15-21-28-34)38(47)44-36(40(49)51-42(2,3)4)31-33-25-18-14-19-26-33/h13-21,23-28,35-37H,8-12,22,29-31H2,1-7H3,(H,44,47)(H,45,50). The van der Waals surface area contributed by atoms with Gasteiger partial charge in [0.15, 0.2) is 0 Å². The second-order valence-corrected chi connectivity index (χ2v) is 15.3. The molecule has 0 saturated heterocycles. The van der Waals surface area contributed by atoms with Crippen LogP contribution in [0.3, 0.4) is 0 Å². The van der Waals surface area contributed by atoms with E-state index in [2.05, 4.69) is 17.6 Å². The number of carbonyl (C=O) groups is 4. The van der Waals surface area contributed by atoms with Crippen molar-refractivity contribution in [3.8, 4) is 0 Å². The Balaban J connectivity index is 2.07. The molecule has 0 fully saturated rings. The quantitative estimate of drug-likeness (QED) is 0.102. The number of unbranched alkanes of at least 4 members (excludes halogenated alkanes) is 5. The van der Waals surface area contributed by atoms with Crippen LogP contribution >= 0.6 is 0 Å². The molecule has 0 aromatic heterocycles. The number of nitrogens with one attached hydrogen (secondary N) is 2. The minimum Gasteiger partial charge on any atom is -0.458 e. The topological polar surface area (TPSA) is 114 Å². The number of benzene rings is 3. The number of amides is 3. The molecular weight excluding hydrogens is 654 g/mol. The van der Waals surface area contributed by atoms with E-state index in [9.17, 15) is 19.2 Å². The molecule has 0 heterocycles. The fourth-order valence-corrected chi connectivity index (χ4v) is 5.90. The number of esters is 1. The Morgan fingerprint density at radius 2 is 1.10 bits per heavy atom. The van der Waals surface area contributed by atoms with Crippen LogP contribution in [-0.4, -0.2) is 58.6 Å². The molecule has 3 rings (SSSR count). The summed E-state index contributed by atoms with van der Waals surface area (Å²) in [5.74, 6) is -1.52. The summed E-state index contributed by atoms with van der Waals surface area (Å²) < 4.78 is 11.4. The van der Waals surface area contributed by atoms with Crippen LogP contribution in [0, 0.1) is 0 Å². The molecule has 0 spiro atoms. The van der Waals surface area contributed by atoms with E-state index in [1.807, 2.05) is 78.9 Å². The average Bonchev–Trinajstić information content (AvgIpc) is 3.08. The van der Waals surface area contributed by atoms with Crippen LogP contribution in [0.2, 0.25) is 0 Å². The first-order valence-electron chi connectivity index (χ1n) is 18.6. The lowest BCUT2D eigenvalue weighted by Crippen LogP contribution is -2.55. The van der Waals surface area contributed by atoms with E-state index in [1.54, 1.807) is 58.6 Å². The van der Waals surface area contributed by atoms with Gasteiger partial charge in [0.05, 0.1) is 0 Å². The van der Waals surface area contributed by atoms with Crippen LogP contribution in [-0.2, 0) is 36.7 Å². The van der Waals surface area contributed by atoms with Crippen molar-refractivity contribution in [3.05, 3.63) is 108 Å². The molecule has 3 aromatic rings. The largest absolute Gasteiger partial charge is 0.458 e. The SMILES string of the molecule is CCCCCCCCN(C(=O)C(Cc1ccccc1)NC(=O)OC(C)(C)C)C(C(=O)NC(Cc1ccccc1)C(=O)OC(C)(C)C)c1ccccc1. The summed E-state index contributed by atoms with van der Waals surface area (Å²) >= 11 is 0. The number of nitrogens with zero attached hydrogens (tertiary/aromatic N) is 1. The van der Waals surface area contributed by atoms with Gasteiger partial charge >= 0.3 is 12.1 Å². The third kappa shape index (κ3) is 14.9. The van der Waals surface area contributed by atoms with Crippen LogP contribution in [0.15, 0.2) is 91.0 Å². The van der Waals surface area contributed by atoms with Gasteiger partial charge in [0.1, 0.15) is 29.3 Å². The summed E-state index contributed by atoms with van der Waals surface area (Å²) in [5, 5.41) is 5.81. The van der Waals surface area contributed by atoms with E-state index < -0.39 is 53.2 Å². The zero-order valence-electron chi connectivity index (χ0n) is 32.2. The number of carbonyl (C=O) groups excluding carboxylic acids is 4. The van der Waals surface area contributed by atoms with Gasteiger partial charge in [-0.3, -0.25) is 9.59 Å². The van der Waals surface area contributed by atoms with Crippen LogP contribution in [0.25, 0.3) is 0 Å². The monoisotopic (exact) mass is 713 g/mol. The maximum absolute atomic E-state index is 14.9. The highest BCUT2D eigenvalue weighted by atomic mass is 16.6. The van der Waals surface area contributed by atoms with Crippen molar-refractivity contribution in [2.45, 2.75) is 129 Å². The third-order valence-electron chi connectivity index (χ3n) is 8.27. The highest BCUT2D eigenvalue weighted by Gasteiger charge is 2.38. The molecule has 0 bridgehead atoms. The van der Waals surface area contributed by atoms with Crippen LogP contribution < -0.4 is 10.6 Å². The first-order chi connectivity index (χ1) is 24.7. The predicted molar refractivity (Wildman–Crippen MR) is 205 cm³/mol. The van der Waals surface area contributed by atoms with E-state index in [0.717, 1.165) is 43.2 Å². The normalized spacial score (nSPS) is 13.3. The molecule has 3 atom stereocenters. The van der Waals surface area contributed by atoms with Gasteiger partial charge < -0.3 is 25.0 Å². The number of alkyl carbamates (subject to hydrolysis) is 1. The van der Waals surface area contributed by atoms with Crippen LogP contribution in [0.4, 0.5) is 4.79 Å². The third-order valence-corrected chi connectivity index (χ3v) is 8.27. The van der Waals surface area contributed by atoms with Crippen molar-refractivity contribution in [1.29, 1.82) is 0 Å². The molecule has 0 aliphatic heterocycles. The minimum absolute atomic E-state index is 0.184. The summed E-state index contributed by atoms with van der Waals surface area (Å²) in [5.41, 5.74) is 0.694. The van der Waals surface area contributed by atoms with Gasteiger partial charge in [-0.1, -0.05) is 130 Å². The van der Waals surface area contributed by atoms with E-state index in [4.69, 9.17) is 9.47 Å². The lowest BCUT2D eigenvalue weighted by atomic mass is 9.98. The van der Waals surface area contributed by atoms with Gasteiger partial charge in [0, 0.05) is 19.4 Å². The Morgan fingerprint density at radius 1 is 0.615 bits per heavy atom.